The number of aromatic nitrogens is 1. The van der Waals surface area contributed by atoms with Crippen molar-refractivity contribution >= 4 is 28.8 Å². The molecule has 3 aromatic rings. The molecule has 0 spiro atoms. The summed E-state index contributed by atoms with van der Waals surface area (Å²) in [7, 11) is 1.74. The molecule has 4 nitrogen and oxygen atoms in total. The van der Waals surface area contributed by atoms with Crippen LogP contribution in [-0.2, 0) is 4.79 Å². The van der Waals surface area contributed by atoms with Gasteiger partial charge in [-0.1, -0.05) is 36.0 Å². The fraction of sp³-hybridized carbons (Fsp3) is 0.222. The minimum Gasteiger partial charge on any atom is -0.431 e. The number of halogens is 1. The van der Waals surface area contributed by atoms with Crippen LogP contribution in [-0.4, -0.2) is 28.6 Å². The molecule has 1 unspecified atom stereocenters. The van der Waals surface area contributed by atoms with Crippen molar-refractivity contribution in [1.29, 1.82) is 0 Å². The first-order valence-corrected chi connectivity index (χ1v) is 8.52. The van der Waals surface area contributed by atoms with E-state index in [9.17, 15) is 9.18 Å². The molecule has 0 N–H and O–H groups in total. The van der Waals surface area contributed by atoms with Gasteiger partial charge in [-0.05, 0) is 36.8 Å². The highest BCUT2D eigenvalue weighted by atomic mass is 32.2. The zero-order valence-electron chi connectivity index (χ0n) is 13.4. The van der Waals surface area contributed by atoms with Crippen LogP contribution in [0.15, 0.2) is 58.2 Å². The first-order valence-electron chi connectivity index (χ1n) is 7.54. The second-order valence-corrected chi connectivity index (χ2v) is 6.39. The Hall–Kier alpha value is -2.34. The van der Waals surface area contributed by atoms with Crippen LogP contribution in [0.1, 0.15) is 18.5 Å². The molecule has 0 aliphatic heterocycles. The van der Waals surface area contributed by atoms with E-state index in [0.29, 0.717) is 10.8 Å². The molecule has 3 rings (SSSR count). The van der Waals surface area contributed by atoms with Crippen molar-refractivity contribution in [1.82, 2.24) is 9.88 Å². The molecule has 2 aromatic carbocycles. The van der Waals surface area contributed by atoms with Crippen LogP contribution in [0.25, 0.3) is 11.1 Å². The normalized spacial score (nSPS) is 12.3. The van der Waals surface area contributed by atoms with Crippen molar-refractivity contribution in [3.8, 4) is 0 Å². The van der Waals surface area contributed by atoms with Crippen LogP contribution in [0.5, 0.6) is 0 Å². The maximum Gasteiger partial charge on any atom is 0.257 e. The number of amides is 1. The van der Waals surface area contributed by atoms with E-state index in [1.165, 1.54) is 23.9 Å². The lowest BCUT2D eigenvalue weighted by atomic mass is 10.1. The summed E-state index contributed by atoms with van der Waals surface area (Å²) in [6.07, 6.45) is 0. The van der Waals surface area contributed by atoms with Crippen LogP contribution >= 0.6 is 11.8 Å². The maximum atomic E-state index is 13.0. The van der Waals surface area contributed by atoms with Crippen LogP contribution in [0.2, 0.25) is 0 Å². The van der Waals surface area contributed by atoms with Crippen molar-refractivity contribution in [2.45, 2.75) is 18.2 Å². The standard InChI is InChI=1S/C18H17FN2O2S/c1-12(13-7-9-14(19)10-8-13)21(2)17(22)11-24-18-20-15-5-3-4-6-16(15)23-18/h3-10,12H,11H2,1-2H3. The molecule has 0 radical (unpaired) electrons. The summed E-state index contributed by atoms with van der Waals surface area (Å²) in [5, 5.41) is 0.479. The van der Waals surface area contributed by atoms with Gasteiger partial charge in [-0.3, -0.25) is 4.79 Å². The van der Waals surface area contributed by atoms with E-state index in [4.69, 9.17) is 4.42 Å². The number of carbonyl (C=O) groups excluding carboxylic acids is 1. The third kappa shape index (κ3) is 3.59. The number of fused-ring (bicyclic) bond motifs is 1. The highest BCUT2D eigenvalue weighted by Gasteiger charge is 2.18. The van der Waals surface area contributed by atoms with Gasteiger partial charge in [0.15, 0.2) is 5.58 Å². The van der Waals surface area contributed by atoms with E-state index in [-0.39, 0.29) is 23.5 Å². The van der Waals surface area contributed by atoms with Crippen LogP contribution < -0.4 is 0 Å². The fourth-order valence-corrected chi connectivity index (χ4v) is 3.08. The Morgan fingerprint density at radius 3 is 2.67 bits per heavy atom. The molecule has 24 heavy (non-hydrogen) atoms. The average Bonchev–Trinajstić information content (AvgIpc) is 3.02. The zero-order chi connectivity index (χ0) is 17.1. The number of hydrogen-bond acceptors (Lipinski definition) is 4. The zero-order valence-corrected chi connectivity index (χ0v) is 14.2. The molecule has 0 fully saturated rings. The monoisotopic (exact) mass is 344 g/mol. The summed E-state index contributed by atoms with van der Waals surface area (Å²) in [5.74, 6) is -0.0972. The van der Waals surface area contributed by atoms with Crippen LogP contribution in [0.3, 0.4) is 0 Å². The molecule has 1 amide bonds. The lowest BCUT2D eigenvalue weighted by Crippen LogP contribution is -2.31. The van der Waals surface area contributed by atoms with Gasteiger partial charge >= 0.3 is 0 Å². The molecular weight excluding hydrogens is 327 g/mol. The van der Waals surface area contributed by atoms with Gasteiger partial charge in [-0.2, -0.15) is 0 Å². The molecule has 1 atom stereocenters. The van der Waals surface area contributed by atoms with Gasteiger partial charge in [0.1, 0.15) is 11.3 Å². The molecule has 0 aliphatic carbocycles. The Labute approximate surface area is 143 Å². The minimum absolute atomic E-state index is 0.0425. The highest BCUT2D eigenvalue weighted by molar-refractivity contribution is 7.99. The number of oxazole rings is 1. The van der Waals surface area contributed by atoms with Crippen LogP contribution in [0, 0.1) is 5.82 Å². The first-order chi connectivity index (χ1) is 11.5. The molecule has 0 aliphatic rings. The van der Waals surface area contributed by atoms with Gasteiger partial charge in [-0.25, -0.2) is 9.37 Å². The predicted octanol–water partition coefficient (Wildman–Crippen LogP) is 4.28. The second kappa shape index (κ2) is 7.05. The summed E-state index contributed by atoms with van der Waals surface area (Å²) in [6, 6.07) is 13.5. The number of benzene rings is 2. The summed E-state index contributed by atoms with van der Waals surface area (Å²) in [6.45, 7) is 1.91. The summed E-state index contributed by atoms with van der Waals surface area (Å²) < 4.78 is 18.6. The number of hydrogen-bond donors (Lipinski definition) is 0. The lowest BCUT2D eigenvalue weighted by Gasteiger charge is -2.25. The van der Waals surface area contributed by atoms with Crippen molar-refractivity contribution < 1.29 is 13.6 Å². The van der Waals surface area contributed by atoms with Gasteiger partial charge in [0.25, 0.3) is 5.22 Å². The molecular formula is C18H17FN2O2S. The van der Waals surface area contributed by atoms with Gasteiger partial charge in [0.2, 0.25) is 5.91 Å². The van der Waals surface area contributed by atoms with Crippen molar-refractivity contribution in [3.63, 3.8) is 0 Å². The average molecular weight is 344 g/mol. The third-order valence-corrected chi connectivity index (χ3v) is 4.73. The van der Waals surface area contributed by atoms with Crippen LogP contribution in [0.4, 0.5) is 4.39 Å². The molecule has 124 valence electrons. The van der Waals surface area contributed by atoms with E-state index in [1.54, 1.807) is 24.1 Å². The number of rotatable bonds is 5. The van der Waals surface area contributed by atoms with Crippen molar-refractivity contribution in [3.05, 3.63) is 59.9 Å². The van der Waals surface area contributed by atoms with E-state index in [0.717, 1.165) is 11.1 Å². The molecule has 0 saturated heterocycles. The Morgan fingerprint density at radius 1 is 1.25 bits per heavy atom. The predicted molar refractivity (Wildman–Crippen MR) is 92.3 cm³/mol. The maximum absolute atomic E-state index is 13.0. The minimum atomic E-state index is -0.286. The Kier molecular flexibility index (Phi) is 4.85. The number of carbonyl (C=O) groups is 1. The Morgan fingerprint density at radius 2 is 1.96 bits per heavy atom. The van der Waals surface area contributed by atoms with E-state index in [1.807, 2.05) is 31.2 Å². The fourth-order valence-electron chi connectivity index (χ4n) is 2.32. The molecule has 0 saturated carbocycles. The summed E-state index contributed by atoms with van der Waals surface area (Å²) >= 11 is 1.27. The van der Waals surface area contributed by atoms with E-state index >= 15 is 0 Å². The van der Waals surface area contributed by atoms with E-state index < -0.39 is 0 Å². The molecule has 1 aromatic heterocycles. The lowest BCUT2D eigenvalue weighted by molar-refractivity contribution is -0.128. The molecule has 6 heteroatoms. The second-order valence-electron chi connectivity index (χ2n) is 5.47. The summed E-state index contributed by atoms with van der Waals surface area (Å²) in [4.78, 5) is 18.4. The topological polar surface area (TPSA) is 46.3 Å². The number of para-hydroxylation sites is 2. The SMILES string of the molecule is CC(c1ccc(F)cc1)N(C)C(=O)CSc1nc2ccccc2o1. The molecule has 1 heterocycles. The number of nitrogens with zero attached hydrogens (tertiary/aromatic N) is 2. The third-order valence-electron chi connectivity index (χ3n) is 3.92. The molecule has 0 bridgehead atoms. The quantitative estimate of drug-likeness (QED) is 0.648. The van der Waals surface area contributed by atoms with Crippen molar-refractivity contribution in [2.24, 2.45) is 0 Å². The Balaban J connectivity index is 1.62. The Bertz CT molecular complexity index is 815. The highest BCUT2D eigenvalue weighted by Crippen LogP contribution is 2.25. The van der Waals surface area contributed by atoms with Crippen molar-refractivity contribution in [2.75, 3.05) is 12.8 Å². The summed E-state index contributed by atoms with van der Waals surface area (Å²) in [5.41, 5.74) is 2.38. The largest absolute Gasteiger partial charge is 0.431 e. The van der Waals surface area contributed by atoms with Gasteiger partial charge in [-0.15, -0.1) is 0 Å². The van der Waals surface area contributed by atoms with E-state index in [2.05, 4.69) is 4.98 Å². The first kappa shape index (κ1) is 16.5. The van der Waals surface area contributed by atoms with Gasteiger partial charge in [0, 0.05) is 7.05 Å². The van der Waals surface area contributed by atoms with Gasteiger partial charge in [0.05, 0.1) is 11.8 Å². The number of thioether (sulfide) groups is 1. The van der Waals surface area contributed by atoms with Gasteiger partial charge < -0.3 is 9.32 Å². The smallest absolute Gasteiger partial charge is 0.257 e.